The molecule has 188 valence electrons. The topological polar surface area (TPSA) is 114 Å². The maximum absolute atomic E-state index is 13.1. The first kappa shape index (κ1) is 25.1. The third-order valence-corrected chi connectivity index (χ3v) is 6.18. The minimum absolute atomic E-state index is 0.0448. The molecule has 2 heterocycles. The van der Waals surface area contributed by atoms with Gasteiger partial charge in [0.25, 0.3) is 11.5 Å². The molecule has 0 aliphatic carbocycles. The summed E-state index contributed by atoms with van der Waals surface area (Å²) in [6, 6.07) is 14.6. The number of aromatic nitrogens is 2. The molecule has 10 heteroatoms. The van der Waals surface area contributed by atoms with Crippen molar-refractivity contribution in [1.82, 2.24) is 19.8 Å². The Bertz CT molecular complexity index is 1310. The number of nitrogens with zero attached hydrogens (tertiary/aromatic N) is 3. The van der Waals surface area contributed by atoms with E-state index in [0.717, 1.165) is 10.1 Å². The summed E-state index contributed by atoms with van der Waals surface area (Å²) in [4.78, 5) is 43.9. The van der Waals surface area contributed by atoms with Crippen LogP contribution < -0.4 is 10.9 Å². The zero-order valence-electron chi connectivity index (χ0n) is 20.0. The average Bonchev–Trinajstić information content (AvgIpc) is 3.31. The zero-order chi connectivity index (χ0) is 25.8. The van der Waals surface area contributed by atoms with E-state index in [-0.39, 0.29) is 24.4 Å². The third-order valence-electron chi connectivity index (χ3n) is 6.18. The molecule has 4 rings (SSSR count). The van der Waals surface area contributed by atoms with Gasteiger partial charge in [0.1, 0.15) is 11.6 Å². The van der Waals surface area contributed by atoms with Crippen LogP contribution in [-0.2, 0) is 29.7 Å². The van der Waals surface area contributed by atoms with E-state index >= 15 is 0 Å². The van der Waals surface area contributed by atoms with Crippen LogP contribution in [0.1, 0.15) is 46.8 Å². The van der Waals surface area contributed by atoms with Crippen molar-refractivity contribution in [3.63, 3.8) is 0 Å². The van der Waals surface area contributed by atoms with Gasteiger partial charge < -0.3 is 20.1 Å². The number of likely N-dealkylation sites (tertiary alicyclic amines) is 1. The van der Waals surface area contributed by atoms with Crippen molar-refractivity contribution in [2.75, 3.05) is 6.54 Å². The van der Waals surface area contributed by atoms with Gasteiger partial charge >= 0.3 is 0 Å². The van der Waals surface area contributed by atoms with Crippen molar-refractivity contribution in [3.05, 3.63) is 93.4 Å². The summed E-state index contributed by atoms with van der Waals surface area (Å²) in [5.74, 6) is -2.01. The number of nitrogens with one attached hydrogen (secondary N) is 1. The molecule has 0 saturated carbocycles. The maximum Gasteiger partial charge on any atom is 0.296 e. The van der Waals surface area contributed by atoms with Gasteiger partial charge in [0, 0.05) is 33.5 Å². The monoisotopic (exact) mass is 494 g/mol. The summed E-state index contributed by atoms with van der Waals surface area (Å²) < 4.78 is 20.3. The van der Waals surface area contributed by atoms with E-state index in [9.17, 15) is 23.9 Å². The molecule has 0 spiro atoms. The normalized spacial score (nSPS) is 17.2. The van der Waals surface area contributed by atoms with Crippen LogP contribution in [0, 0.1) is 5.82 Å². The highest BCUT2D eigenvalue weighted by atomic mass is 19.1. The van der Waals surface area contributed by atoms with Gasteiger partial charge in [-0.1, -0.05) is 42.5 Å². The number of aromatic hydroxyl groups is 1. The van der Waals surface area contributed by atoms with Gasteiger partial charge in [0.2, 0.25) is 11.7 Å². The first-order valence-electron chi connectivity index (χ1n) is 11.5. The van der Waals surface area contributed by atoms with E-state index in [0.29, 0.717) is 25.1 Å². The van der Waals surface area contributed by atoms with Gasteiger partial charge in [-0.3, -0.25) is 19.0 Å². The Morgan fingerprint density at radius 3 is 2.50 bits per heavy atom. The highest BCUT2D eigenvalue weighted by Crippen LogP contribution is 2.33. The smallest absolute Gasteiger partial charge is 0.296 e. The number of ether oxygens (including phenoxy) is 1. The molecular weight excluding hydrogens is 467 g/mol. The van der Waals surface area contributed by atoms with E-state index in [1.807, 2.05) is 30.3 Å². The maximum atomic E-state index is 13.1. The first-order valence-corrected chi connectivity index (χ1v) is 11.5. The van der Waals surface area contributed by atoms with E-state index < -0.39 is 34.8 Å². The molecule has 1 saturated heterocycles. The van der Waals surface area contributed by atoms with Gasteiger partial charge in [0.05, 0.1) is 18.8 Å². The first-order chi connectivity index (χ1) is 17.2. The van der Waals surface area contributed by atoms with Gasteiger partial charge in [-0.25, -0.2) is 9.37 Å². The number of benzene rings is 2. The van der Waals surface area contributed by atoms with Gasteiger partial charge in [0.15, 0.2) is 5.69 Å². The molecule has 9 nitrogen and oxygen atoms in total. The van der Waals surface area contributed by atoms with Crippen LogP contribution in [0.25, 0.3) is 0 Å². The summed E-state index contributed by atoms with van der Waals surface area (Å²) in [6.07, 6.45) is 0.0641. The summed E-state index contributed by atoms with van der Waals surface area (Å²) >= 11 is 0. The van der Waals surface area contributed by atoms with Crippen molar-refractivity contribution in [1.29, 1.82) is 0 Å². The molecule has 0 bridgehead atoms. The lowest BCUT2D eigenvalue weighted by Crippen LogP contribution is -2.35. The second-order valence-corrected chi connectivity index (χ2v) is 8.68. The predicted molar refractivity (Wildman–Crippen MR) is 128 cm³/mol. The lowest BCUT2D eigenvalue weighted by atomic mass is 10.1. The Labute approximate surface area is 207 Å². The number of hydrogen-bond acceptors (Lipinski definition) is 6. The second-order valence-electron chi connectivity index (χ2n) is 8.68. The summed E-state index contributed by atoms with van der Waals surface area (Å²) in [6.45, 7) is 2.13. The summed E-state index contributed by atoms with van der Waals surface area (Å²) in [5.41, 5.74) is 0.382. The largest absolute Gasteiger partial charge is 0.501 e. The van der Waals surface area contributed by atoms with E-state index in [1.165, 1.54) is 38.2 Å². The molecule has 2 atom stereocenters. The highest BCUT2D eigenvalue weighted by Gasteiger charge is 2.38. The van der Waals surface area contributed by atoms with Crippen molar-refractivity contribution in [2.24, 2.45) is 7.05 Å². The molecule has 1 fully saturated rings. The Kier molecular flexibility index (Phi) is 7.44. The number of carbonyl (C=O) groups is 2. The van der Waals surface area contributed by atoms with Crippen LogP contribution in [-0.4, -0.2) is 44.0 Å². The van der Waals surface area contributed by atoms with E-state index in [2.05, 4.69) is 10.3 Å². The average molecular weight is 495 g/mol. The minimum Gasteiger partial charge on any atom is -0.501 e. The molecule has 2 N–H and O–H groups in total. The molecule has 2 amide bonds. The van der Waals surface area contributed by atoms with Gasteiger partial charge in [-0.15, -0.1) is 0 Å². The molecular formula is C26H27FN4O5. The molecule has 36 heavy (non-hydrogen) atoms. The number of halogens is 1. The van der Waals surface area contributed by atoms with E-state index in [1.54, 1.807) is 4.90 Å². The SMILES string of the molecule is CC(=O)N1C[C@H](OCc2ccccc2)C[C@@H]1c1nc(C(=O)NCc2ccc(F)cc2)c(O)c(=O)n1C. The quantitative estimate of drug-likeness (QED) is 0.522. The van der Waals surface area contributed by atoms with Crippen LogP contribution in [0.5, 0.6) is 5.75 Å². The van der Waals surface area contributed by atoms with Crippen molar-refractivity contribution in [2.45, 2.75) is 38.6 Å². The number of rotatable bonds is 7. The molecule has 1 aliphatic rings. The van der Waals surface area contributed by atoms with Crippen molar-refractivity contribution in [3.8, 4) is 5.75 Å². The standard InChI is InChI=1S/C26H27FN4O5/c1-16(32)31-14-20(36-15-18-6-4-3-5-7-18)12-21(31)24-29-22(23(33)26(35)30(24)2)25(34)28-13-17-8-10-19(27)11-9-17/h3-11,20-21,33H,12-15H2,1-2H3,(H,28,34)/t20-,21-/m1/s1. The number of carbonyl (C=O) groups excluding carboxylic acids is 2. The Morgan fingerprint density at radius 1 is 1.14 bits per heavy atom. The second kappa shape index (κ2) is 10.7. The fourth-order valence-corrected chi connectivity index (χ4v) is 4.23. The summed E-state index contributed by atoms with van der Waals surface area (Å²) in [5, 5.41) is 13.0. The van der Waals surface area contributed by atoms with E-state index in [4.69, 9.17) is 4.74 Å². The van der Waals surface area contributed by atoms with Crippen molar-refractivity contribution < 1.29 is 23.8 Å². The Morgan fingerprint density at radius 2 is 1.83 bits per heavy atom. The van der Waals surface area contributed by atoms with Crippen LogP contribution >= 0.6 is 0 Å². The highest BCUT2D eigenvalue weighted by molar-refractivity contribution is 5.94. The zero-order valence-corrected chi connectivity index (χ0v) is 20.0. The van der Waals surface area contributed by atoms with Crippen LogP contribution in [0.4, 0.5) is 4.39 Å². The molecule has 0 radical (unpaired) electrons. The third kappa shape index (κ3) is 5.44. The van der Waals surface area contributed by atoms with Crippen molar-refractivity contribution >= 4 is 11.8 Å². The van der Waals surface area contributed by atoms with Gasteiger partial charge in [-0.05, 0) is 23.3 Å². The Balaban J connectivity index is 1.56. The van der Waals surface area contributed by atoms with Crippen LogP contribution in [0.3, 0.4) is 0 Å². The molecule has 1 aliphatic heterocycles. The number of hydrogen-bond donors (Lipinski definition) is 2. The van der Waals surface area contributed by atoms with Crippen LogP contribution in [0.2, 0.25) is 0 Å². The fourth-order valence-electron chi connectivity index (χ4n) is 4.23. The molecule has 0 unspecified atom stereocenters. The lowest BCUT2D eigenvalue weighted by molar-refractivity contribution is -0.130. The fraction of sp³-hybridized carbons (Fsp3) is 0.308. The van der Waals surface area contributed by atoms with Gasteiger partial charge in [-0.2, -0.15) is 0 Å². The molecule has 3 aromatic rings. The Hall–Kier alpha value is -4.05. The predicted octanol–water partition coefficient (Wildman–Crippen LogP) is 2.43. The molecule has 1 aromatic heterocycles. The number of amides is 2. The van der Waals surface area contributed by atoms with Crippen LogP contribution in [0.15, 0.2) is 59.4 Å². The molecule has 2 aromatic carbocycles. The lowest BCUT2D eigenvalue weighted by Gasteiger charge is -2.24. The summed E-state index contributed by atoms with van der Waals surface area (Å²) in [7, 11) is 1.43. The minimum atomic E-state index is -0.802.